The van der Waals surface area contributed by atoms with Gasteiger partial charge in [0.15, 0.2) is 0 Å². The molecule has 2 atom stereocenters. The first-order chi connectivity index (χ1) is 11.1. The van der Waals surface area contributed by atoms with E-state index >= 15 is 0 Å². The topological polar surface area (TPSA) is 55.1 Å². The summed E-state index contributed by atoms with van der Waals surface area (Å²) >= 11 is 0. The van der Waals surface area contributed by atoms with E-state index in [-0.39, 0.29) is 0 Å². The highest BCUT2D eigenvalue weighted by Gasteiger charge is 2.33. The zero-order valence-corrected chi connectivity index (χ0v) is 13.4. The number of alkyl halides is 3. The molecular formula is C18H19F3N2O. The predicted molar refractivity (Wildman–Crippen MR) is 86.0 cm³/mol. The van der Waals surface area contributed by atoms with Crippen molar-refractivity contribution in [3.63, 3.8) is 0 Å². The van der Waals surface area contributed by atoms with Gasteiger partial charge in [0.1, 0.15) is 5.54 Å². The molecular weight excluding hydrogens is 317 g/mol. The smallest absolute Gasteiger partial charge is 0.348 e. The third kappa shape index (κ3) is 3.94. The fraction of sp³-hybridized carbons (Fsp3) is 0.278. The minimum atomic E-state index is -4.42. The van der Waals surface area contributed by atoms with Gasteiger partial charge in [0.2, 0.25) is 5.91 Å². The second kappa shape index (κ2) is 6.65. The Hall–Kier alpha value is -2.34. The van der Waals surface area contributed by atoms with Gasteiger partial charge in [0.25, 0.3) is 0 Å². The van der Waals surface area contributed by atoms with Crippen molar-refractivity contribution in [1.82, 2.24) is 5.32 Å². The number of rotatable bonds is 4. The molecule has 0 saturated carbocycles. The Bertz CT molecular complexity index is 712. The molecule has 0 aliphatic rings. The second-order valence-electron chi connectivity index (χ2n) is 5.89. The number of halogens is 3. The fourth-order valence-corrected chi connectivity index (χ4v) is 2.33. The number of amides is 1. The monoisotopic (exact) mass is 336 g/mol. The van der Waals surface area contributed by atoms with Gasteiger partial charge in [-0.15, -0.1) is 0 Å². The third-order valence-corrected chi connectivity index (χ3v) is 3.91. The lowest BCUT2D eigenvalue weighted by Crippen LogP contribution is -2.49. The molecule has 2 aromatic rings. The first kappa shape index (κ1) is 18.0. The van der Waals surface area contributed by atoms with E-state index in [0.29, 0.717) is 11.1 Å². The van der Waals surface area contributed by atoms with Crippen molar-refractivity contribution in [2.24, 2.45) is 5.73 Å². The highest BCUT2D eigenvalue weighted by Crippen LogP contribution is 2.31. The SMILES string of the molecule is CC(NC(=O)C(C)(N)c1ccccc1)c1cccc(C(F)(F)F)c1. The zero-order valence-electron chi connectivity index (χ0n) is 13.4. The summed E-state index contributed by atoms with van der Waals surface area (Å²) in [6.45, 7) is 3.19. The van der Waals surface area contributed by atoms with Gasteiger partial charge < -0.3 is 11.1 Å². The van der Waals surface area contributed by atoms with E-state index in [2.05, 4.69) is 5.32 Å². The van der Waals surface area contributed by atoms with Crippen LogP contribution in [0.3, 0.4) is 0 Å². The van der Waals surface area contributed by atoms with Crippen molar-refractivity contribution in [2.75, 3.05) is 0 Å². The highest BCUT2D eigenvalue weighted by atomic mass is 19.4. The molecule has 0 saturated heterocycles. The van der Waals surface area contributed by atoms with Gasteiger partial charge in [-0.3, -0.25) is 4.79 Å². The Kier molecular flexibility index (Phi) is 4.99. The Balaban J connectivity index is 2.17. The van der Waals surface area contributed by atoms with Crippen LogP contribution < -0.4 is 11.1 Å². The van der Waals surface area contributed by atoms with Crippen LogP contribution in [0.2, 0.25) is 0 Å². The average molecular weight is 336 g/mol. The first-order valence-electron chi connectivity index (χ1n) is 7.45. The lowest BCUT2D eigenvalue weighted by molar-refractivity contribution is -0.137. The van der Waals surface area contributed by atoms with Crippen LogP contribution in [0.25, 0.3) is 0 Å². The van der Waals surface area contributed by atoms with Crippen LogP contribution in [0.1, 0.15) is 36.6 Å². The summed E-state index contributed by atoms with van der Waals surface area (Å²) in [5, 5.41) is 2.68. The largest absolute Gasteiger partial charge is 0.416 e. The molecule has 1 amide bonds. The van der Waals surface area contributed by atoms with E-state index in [0.717, 1.165) is 12.1 Å². The van der Waals surface area contributed by atoms with E-state index in [1.807, 2.05) is 6.07 Å². The lowest BCUT2D eigenvalue weighted by atomic mass is 9.91. The van der Waals surface area contributed by atoms with E-state index in [9.17, 15) is 18.0 Å². The molecule has 0 fully saturated rings. The number of carbonyl (C=O) groups is 1. The molecule has 0 spiro atoms. The summed E-state index contributed by atoms with van der Waals surface area (Å²) in [7, 11) is 0. The molecule has 0 aliphatic carbocycles. The molecule has 2 aromatic carbocycles. The maximum Gasteiger partial charge on any atom is 0.416 e. The van der Waals surface area contributed by atoms with E-state index < -0.39 is 29.2 Å². The number of carbonyl (C=O) groups excluding carboxylic acids is 1. The molecule has 0 aliphatic heterocycles. The summed E-state index contributed by atoms with van der Waals surface area (Å²) in [5.41, 5.74) is 5.07. The number of hydrogen-bond donors (Lipinski definition) is 2. The molecule has 0 radical (unpaired) electrons. The Labute approximate surface area is 138 Å². The van der Waals surface area contributed by atoms with E-state index in [1.54, 1.807) is 38.1 Å². The lowest BCUT2D eigenvalue weighted by Gasteiger charge is -2.26. The van der Waals surface area contributed by atoms with Gasteiger partial charge in [-0.25, -0.2) is 0 Å². The molecule has 0 heterocycles. The molecule has 2 rings (SSSR count). The quantitative estimate of drug-likeness (QED) is 0.893. The molecule has 24 heavy (non-hydrogen) atoms. The maximum atomic E-state index is 12.8. The number of benzene rings is 2. The van der Waals surface area contributed by atoms with Gasteiger partial charge in [0.05, 0.1) is 11.6 Å². The van der Waals surface area contributed by atoms with Crippen LogP contribution in [0.4, 0.5) is 13.2 Å². The number of hydrogen-bond acceptors (Lipinski definition) is 2. The van der Waals surface area contributed by atoms with Crippen molar-refractivity contribution in [1.29, 1.82) is 0 Å². The minimum Gasteiger partial charge on any atom is -0.348 e. The molecule has 3 nitrogen and oxygen atoms in total. The van der Waals surface area contributed by atoms with Crippen LogP contribution in [0.15, 0.2) is 54.6 Å². The molecule has 6 heteroatoms. The van der Waals surface area contributed by atoms with Crippen molar-refractivity contribution in [3.05, 3.63) is 71.3 Å². The van der Waals surface area contributed by atoms with Crippen LogP contribution >= 0.6 is 0 Å². The van der Waals surface area contributed by atoms with Gasteiger partial charge in [-0.05, 0) is 37.1 Å². The standard InChI is InChI=1S/C18H19F3N2O/c1-12(13-7-6-10-15(11-13)18(19,20)21)23-16(24)17(2,22)14-8-4-3-5-9-14/h3-12H,22H2,1-2H3,(H,23,24). The summed E-state index contributed by atoms with van der Waals surface area (Å²) in [6.07, 6.45) is -4.42. The van der Waals surface area contributed by atoms with Gasteiger partial charge in [-0.2, -0.15) is 13.2 Å². The van der Waals surface area contributed by atoms with E-state index in [4.69, 9.17) is 5.73 Å². The Morgan fingerprint density at radius 3 is 2.21 bits per heavy atom. The van der Waals surface area contributed by atoms with Crippen LogP contribution in [0.5, 0.6) is 0 Å². The molecule has 2 unspecified atom stereocenters. The second-order valence-corrected chi connectivity index (χ2v) is 5.89. The summed E-state index contributed by atoms with van der Waals surface area (Å²) in [6, 6.07) is 13.1. The molecule has 128 valence electrons. The number of nitrogens with two attached hydrogens (primary N) is 1. The minimum absolute atomic E-state index is 0.363. The van der Waals surface area contributed by atoms with Gasteiger partial charge >= 0.3 is 6.18 Å². The van der Waals surface area contributed by atoms with Crippen LogP contribution in [-0.2, 0) is 16.5 Å². The highest BCUT2D eigenvalue weighted by molar-refractivity contribution is 5.87. The van der Waals surface area contributed by atoms with Crippen molar-refractivity contribution in [3.8, 4) is 0 Å². The Morgan fingerprint density at radius 2 is 1.62 bits per heavy atom. The van der Waals surface area contributed by atoms with E-state index in [1.165, 1.54) is 12.1 Å². The maximum absolute atomic E-state index is 12.8. The average Bonchev–Trinajstić information content (AvgIpc) is 2.55. The normalized spacial score (nSPS) is 15.4. The molecule has 0 aromatic heterocycles. The summed E-state index contributed by atoms with van der Waals surface area (Å²) < 4.78 is 38.4. The third-order valence-electron chi connectivity index (χ3n) is 3.91. The van der Waals surface area contributed by atoms with Crippen molar-refractivity contribution in [2.45, 2.75) is 31.6 Å². The summed E-state index contributed by atoms with van der Waals surface area (Å²) in [4.78, 5) is 12.5. The number of nitrogens with one attached hydrogen (secondary N) is 1. The van der Waals surface area contributed by atoms with Crippen molar-refractivity contribution < 1.29 is 18.0 Å². The van der Waals surface area contributed by atoms with Gasteiger partial charge in [-0.1, -0.05) is 42.5 Å². The van der Waals surface area contributed by atoms with Gasteiger partial charge in [0, 0.05) is 0 Å². The molecule has 0 bridgehead atoms. The van der Waals surface area contributed by atoms with Crippen molar-refractivity contribution >= 4 is 5.91 Å². The predicted octanol–water partition coefficient (Wildman–Crippen LogP) is 3.76. The Morgan fingerprint density at radius 1 is 1.04 bits per heavy atom. The molecule has 3 N–H and O–H groups in total. The fourth-order valence-electron chi connectivity index (χ4n) is 2.33. The van der Waals surface area contributed by atoms with Crippen LogP contribution in [-0.4, -0.2) is 5.91 Å². The first-order valence-corrected chi connectivity index (χ1v) is 7.45. The summed E-state index contributed by atoms with van der Waals surface area (Å²) in [5.74, 6) is -0.460. The zero-order chi connectivity index (χ0) is 18.0. The van der Waals surface area contributed by atoms with Crippen LogP contribution in [0, 0.1) is 0 Å².